The molecule has 0 saturated heterocycles. The number of rotatable bonds is 3. The number of aliphatic imine (C=N–C) groups is 1. The van der Waals surface area contributed by atoms with Gasteiger partial charge in [-0.15, -0.1) is 6.42 Å². The fraction of sp³-hybridized carbons (Fsp3) is 0.190. The van der Waals surface area contributed by atoms with Crippen LogP contribution in [0.1, 0.15) is 35.7 Å². The fourth-order valence-electron chi connectivity index (χ4n) is 3.34. The molecule has 4 rings (SSSR count). The van der Waals surface area contributed by atoms with Crippen LogP contribution in [0.25, 0.3) is 11.9 Å². The number of amidine groups is 1. The summed E-state index contributed by atoms with van der Waals surface area (Å²) in [4.78, 5) is 8.53. The SMILES string of the molecule is C#Cc1ccc(/C(F)=C/c2ccc(F)c([C@@]3(C)N=C(N)S[C]4C[C@H]43)c2)nc1. The Morgan fingerprint density at radius 3 is 2.93 bits per heavy atom. The van der Waals surface area contributed by atoms with Crippen LogP contribution < -0.4 is 5.73 Å². The Balaban J connectivity index is 1.70. The molecule has 1 fully saturated rings. The van der Waals surface area contributed by atoms with Gasteiger partial charge in [0, 0.05) is 28.5 Å². The van der Waals surface area contributed by atoms with Crippen molar-refractivity contribution in [2.75, 3.05) is 0 Å². The van der Waals surface area contributed by atoms with E-state index in [1.807, 2.05) is 6.92 Å². The highest BCUT2D eigenvalue weighted by atomic mass is 32.2. The fourth-order valence-corrected chi connectivity index (χ4v) is 4.47. The van der Waals surface area contributed by atoms with Crippen molar-refractivity contribution in [3.05, 3.63) is 70.0 Å². The lowest BCUT2D eigenvalue weighted by Gasteiger charge is -2.30. The van der Waals surface area contributed by atoms with Gasteiger partial charge in [0.2, 0.25) is 0 Å². The minimum Gasteiger partial charge on any atom is -0.378 e. The number of nitrogens with zero attached hydrogens (tertiary/aromatic N) is 2. The summed E-state index contributed by atoms with van der Waals surface area (Å²) in [5.74, 6) is 1.70. The Kier molecular flexibility index (Phi) is 4.27. The van der Waals surface area contributed by atoms with Gasteiger partial charge in [0.05, 0.1) is 11.2 Å². The minimum absolute atomic E-state index is 0.159. The molecular formula is C21H16F2N3S. The molecule has 2 heterocycles. The molecule has 2 aromatic rings. The van der Waals surface area contributed by atoms with Crippen molar-refractivity contribution in [3.8, 4) is 12.3 Å². The van der Waals surface area contributed by atoms with E-state index in [0.29, 0.717) is 21.9 Å². The van der Waals surface area contributed by atoms with Crippen LogP contribution in [0, 0.1) is 29.3 Å². The summed E-state index contributed by atoms with van der Waals surface area (Å²) in [7, 11) is 0. The van der Waals surface area contributed by atoms with Crippen molar-refractivity contribution in [1.29, 1.82) is 0 Å². The number of terminal acetylenes is 1. The molecule has 0 unspecified atom stereocenters. The lowest BCUT2D eigenvalue weighted by atomic mass is 9.86. The first kappa shape index (κ1) is 17.7. The van der Waals surface area contributed by atoms with Crippen molar-refractivity contribution in [2.24, 2.45) is 16.6 Å². The van der Waals surface area contributed by atoms with Gasteiger partial charge in [0.25, 0.3) is 0 Å². The number of hydrogen-bond donors (Lipinski definition) is 1. The van der Waals surface area contributed by atoms with E-state index in [2.05, 4.69) is 15.9 Å². The lowest BCUT2D eigenvalue weighted by Crippen LogP contribution is -2.30. The maximum Gasteiger partial charge on any atom is 0.155 e. The summed E-state index contributed by atoms with van der Waals surface area (Å²) < 4.78 is 29.2. The van der Waals surface area contributed by atoms with Gasteiger partial charge in [-0.05, 0) is 49.2 Å². The van der Waals surface area contributed by atoms with Gasteiger partial charge in [-0.25, -0.2) is 8.78 Å². The van der Waals surface area contributed by atoms with Crippen LogP contribution in [0.3, 0.4) is 0 Å². The van der Waals surface area contributed by atoms with E-state index in [9.17, 15) is 8.78 Å². The molecule has 1 aromatic heterocycles. The van der Waals surface area contributed by atoms with Crippen LogP contribution >= 0.6 is 11.8 Å². The van der Waals surface area contributed by atoms with Gasteiger partial charge >= 0.3 is 0 Å². The average molecular weight is 380 g/mol. The molecule has 0 amide bonds. The Hall–Kier alpha value is -2.65. The van der Waals surface area contributed by atoms with E-state index >= 15 is 0 Å². The number of pyridine rings is 1. The Morgan fingerprint density at radius 1 is 1.41 bits per heavy atom. The van der Waals surface area contributed by atoms with Gasteiger partial charge in [-0.1, -0.05) is 23.7 Å². The van der Waals surface area contributed by atoms with Crippen LogP contribution in [0.15, 0.2) is 41.5 Å². The molecule has 1 aliphatic carbocycles. The number of halogens is 2. The molecule has 6 heteroatoms. The van der Waals surface area contributed by atoms with Gasteiger partial charge < -0.3 is 5.73 Å². The molecule has 27 heavy (non-hydrogen) atoms. The Bertz CT molecular complexity index is 1010. The third-order valence-corrected chi connectivity index (χ3v) is 5.91. The first-order valence-electron chi connectivity index (χ1n) is 8.40. The maximum absolute atomic E-state index is 14.6. The van der Waals surface area contributed by atoms with Gasteiger partial charge in [0.15, 0.2) is 5.17 Å². The molecule has 2 aliphatic rings. The predicted molar refractivity (Wildman–Crippen MR) is 105 cm³/mol. The molecule has 1 saturated carbocycles. The van der Waals surface area contributed by atoms with E-state index in [-0.39, 0.29) is 17.4 Å². The maximum atomic E-state index is 14.6. The van der Waals surface area contributed by atoms with Gasteiger partial charge in [0.1, 0.15) is 11.6 Å². The summed E-state index contributed by atoms with van der Waals surface area (Å²) in [5, 5.41) is 1.65. The molecule has 0 spiro atoms. The van der Waals surface area contributed by atoms with Crippen LogP contribution in [0.2, 0.25) is 0 Å². The topological polar surface area (TPSA) is 51.3 Å². The second-order valence-corrected chi connectivity index (χ2v) is 7.88. The molecule has 1 radical (unpaired) electrons. The smallest absolute Gasteiger partial charge is 0.155 e. The number of nitrogens with two attached hydrogens (primary N) is 1. The number of benzene rings is 1. The third-order valence-electron chi connectivity index (χ3n) is 4.89. The van der Waals surface area contributed by atoms with Gasteiger partial charge in [-0.2, -0.15) is 0 Å². The van der Waals surface area contributed by atoms with Crippen LogP contribution in [0.5, 0.6) is 0 Å². The monoisotopic (exact) mass is 380 g/mol. The third kappa shape index (κ3) is 3.24. The van der Waals surface area contributed by atoms with Crippen molar-refractivity contribution in [2.45, 2.75) is 18.9 Å². The largest absolute Gasteiger partial charge is 0.378 e. The molecule has 3 nitrogen and oxygen atoms in total. The number of fused-ring (bicyclic) bond motifs is 1. The van der Waals surface area contributed by atoms with E-state index in [0.717, 1.165) is 6.42 Å². The number of thioether (sulfide) groups is 1. The molecule has 1 aromatic carbocycles. The second-order valence-electron chi connectivity index (χ2n) is 6.73. The summed E-state index contributed by atoms with van der Waals surface area (Å²) in [5.41, 5.74) is 6.84. The Labute approximate surface area is 160 Å². The quantitative estimate of drug-likeness (QED) is 0.798. The van der Waals surface area contributed by atoms with Crippen molar-refractivity contribution in [1.82, 2.24) is 4.98 Å². The first-order valence-corrected chi connectivity index (χ1v) is 9.21. The summed E-state index contributed by atoms with van der Waals surface area (Å²) in [6, 6.07) is 7.63. The molecule has 0 bridgehead atoms. The normalized spacial score (nSPS) is 24.7. The lowest BCUT2D eigenvalue weighted by molar-refractivity contribution is 0.416. The van der Waals surface area contributed by atoms with Crippen LogP contribution in [0.4, 0.5) is 8.78 Å². The van der Waals surface area contributed by atoms with Crippen LogP contribution in [-0.2, 0) is 5.54 Å². The summed E-state index contributed by atoms with van der Waals surface area (Å²) in [6.45, 7) is 1.87. The predicted octanol–water partition coefficient (Wildman–Crippen LogP) is 4.50. The van der Waals surface area contributed by atoms with Crippen LogP contribution in [-0.4, -0.2) is 10.2 Å². The minimum atomic E-state index is -0.762. The highest BCUT2D eigenvalue weighted by Crippen LogP contribution is 2.63. The average Bonchev–Trinajstić information content (AvgIpc) is 3.43. The molecule has 1 aliphatic heterocycles. The standard InChI is InChI=1S/C21H16F2N3S/c1-3-12-5-7-18(25-11-12)17(23)9-13-4-6-16(22)14(8-13)21(2)15-10-19(15)27-20(24)26-21/h1,4-9,11,15H,10H2,2H3,(H2,24,26)/b17-9-/t15-,21-/m1/s1. The van der Waals surface area contributed by atoms with Crippen molar-refractivity contribution in [3.63, 3.8) is 0 Å². The van der Waals surface area contributed by atoms with E-state index in [4.69, 9.17) is 12.2 Å². The van der Waals surface area contributed by atoms with Crippen molar-refractivity contribution < 1.29 is 8.78 Å². The van der Waals surface area contributed by atoms with Gasteiger partial charge in [-0.3, -0.25) is 9.98 Å². The molecule has 2 N–H and O–H groups in total. The van der Waals surface area contributed by atoms with Crippen molar-refractivity contribution >= 4 is 28.8 Å². The Morgan fingerprint density at radius 2 is 2.22 bits per heavy atom. The molecule has 2 atom stereocenters. The molecular weight excluding hydrogens is 364 g/mol. The zero-order valence-electron chi connectivity index (χ0n) is 14.5. The second kappa shape index (κ2) is 6.50. The van der Waals surface area contributed by atoms with E-state index < -0.39 is 11.4 Å². The highest BCUT2D eigenvalue weighted by Gasteiger charge is 2.56. The number of aromatic nitrogens is 1. The van der Waals surface area contributed by atoms with E-state index in [1.165, 1.54) is 47.5 Å². The zero-order chi connectivity index (χ0) is 19.2. The van der Waals surface area contributed by atoms with E-state index in [1.54, 1.807) is 12.1 Å². The summed E-state index contributed by atoms with van der Waals surface area (Å²) >= 11 is 1.46. The highest BCUT2D eigenvalue weighted by molar-refractivity contribution is 8.16. The zero-order valence-corrected chi connectivity index (χ0v) is 15.4. The number of hydrogen-bond acceptors (Lipinski definition) is 4. The molecule has 135 valence electrons. The summed E-state index contributed by atoms with van der Waals surface area (Å²) in [6.07, 6.45) is 8.90. The first-order chi connectivity index (χ1) is 12.9.